The Morgan fingerprint density at radius 1 is 1.44 bits per heavy atom. The van der Waals surface area contributed by atoms with Gasteiger partial charge in [-0.15, -0.1) is 0 Å². The molecule has 1 aromatic carbocycles. The molecule has 3 N–H and O–H groups in total. The zero-order valence-corrected chi connectivity index (χ0v) is 9.27. The minimum atomic E-state index is -0.217. The van der Waals surface area contributed by atoms with Crippen LogP contribution in [0.25, 0.3) is 10.9 Å². The summed E-state index contributed by atoms with van der Waals surface area (Å²) in [5.74, 6) is -0.126. The topological polar surface area (TPSA) is 65.6 Å². The lowest BCUT2D eigenvalue weighted by atomic mass is 9.93. The summed E-state index contributed by atoms with van der Waals surface area (Å²) in [4.78, 5) is 3.18. The van der Waals surface area contributed by atoms with Crippen LogP contribution in [0.3, 0.4) is 0 Å². The molecular formula is C13H15N3. The van der Waals surface area contributed by atoms with Gasteiger partial charge < -0.3 is 10.7 Å². The summed E-state index contributed by atoms with van der Waals surface area (Å²) in [6.07, 6.45) is 2.69. The van der Waals surface area contributed by atoms with E-state index in [2.05, 4.69) is 11.1 Å². The van der Waals surface area contributed by atoms with Gasteiger partial charge in [0.15, 0.2) is 0 Å². The first-order valence-electron chi connectivity index (χ1n) is 5.49. The van der Waals surface area contributed by atoms with Gasteiger partial charge >= 0.3 is 0 Å². The second-order valence-electron chi connectivity index (χ2n) is 3.96. The number of nitrogens with one attached hydrogen (secondary N) is 1. The van der Waals surface area contributed by atoms with Crippen molar-refractivity contribution in [3.63, 3.8) is 0 Å². The summed E-state index contributed by atoms with van der Waals surface area (Å²) >= 11 is 0. The maximum Gasteiger partial charge on any atom is 0.0675 e. The molecule has 0 spiro atoms. The minimum Gasteiger partial charge on any atom is -0.361 e. The summed E-state index contributed by atoms with van der Waals surface area (Å²) in [5.41, 5.74) is 8.23. The second kappa shape index (κ2) is 4.38. The lowest BCUT2D eigenvalue weighted by Crippen LogP contribution is -2.19. The van der Waals surface area contributed by atoms with E-state index in [-0.39, 0.29) is 12.0 Å². The molecule has 0 aliphatic rings. The summed E-state index contributed by atoms with van der Waals surface area (Å²) in [6.45, 7) is 1.99. The minimum absolute atomic E-state index is 0.126. The lowest BCUT2D eigenvalue weighted by Gasteiger charge is -2.15. The van der Waals surface area contributed by atoms with Gasteiger partial charge in [0.2, 0.25) is 0 Å². The number of hydrogen-bond donors (Lipinski definition) is 2. The van der Waals surface area contributed by atoms with E-state index < -0.39 is 0 Å². The van der Waals surface area contributed by atoms with Crippen LogP contribution in [0.5, 0.6) is 0 Å². The van der Waals surface area contributed by atoms with E-state index in [4.69, 9.17) is 11.0 Å². The molecule has 0 radical (unpaired) electrons. The molecular weight excluding hydrogens is 198 g/mol. The van der Waals surface area contributed by atoms with Gasteiger partial charge in [-0.1, -0.05) is 25.1 Å². The molecule has 2 unspecified atom stereocenters. The highest BCUT2D eigenvalue weighted by molar-refractivity contribution is 5.83. The Balaban J connectivity index is 2.44. The fraction of sp³-hybridized carbons (Fsp3) is 0.308. The first-order valence-corrected chi connectivity index (χ1v) is 5.49. The predicted molar refractivity (Wildman–Crippen MR) is 64.6 cm³/mol. The number of hydrogen-bond acceptors (Lipinski definition) is 2. The van der Waals surface area contributed by atoms with Crippen LogP contribution < -0.4 is 5.73 Å². The quantitative estimate of drug-likeness (QED) is 0.823. The average Bonchev–Trinajstić information content (AvgIpc) is 2.74. The molecule has 2 atom stereocenters. The summed E-state index contributed by atoms with van der Waals surface area (Å²) in [5, 5.41) is 10.1. The van der Waals surface area contributed by atoms with Crippen LogP contribution in [0.1, 0.15) is 24.9 Å². The molecule has 3 heteroatoms. The van der Waals surface area contributed by atoms with Gasteiger partial charge in [-0.25, -0.2) is 0 Å². The largest absolute Gasteiger partial charge is 0.361 e. The zero-order chi connectivity index (χ0) is 11.5. The second-order valence-corrected chi connectivity index (χ2v) is 3.96. The molecule has 16 heavy (non-hydrogen) atoms. The molecule has 3 nitrogen and oxygen atoms in total. The highest BCUT2D eigenvalue weighted by Crippen LogP contribution is 2.28. The van der Waals surface area contributed by atoms with Crippen LogP contribution >= 0.6 is 0 Å². The Morgan fingerprint density at radius 2 is 2.19 bits per heavy atom. The van der Waals surface area contributed by atoms with Crippen molar-refractivity contribution in [3.05, 3.63) is 36.0 Å². The first-order chi connectivity index (χ1) is 7.77. The van der Waals surface area contributed by atoms with Crippen molar-refractivity contribution < 1.29 is 0 Å². The standard InChI is InChI=1S/C13H15N3/c1-2-9(7-14)13(15)11-8-16-12-6-4-3-5-10(11)12/h3-6,8-9,13,16H,2,15H2,1H3. The Morgan fingerprint density at radius 3 is 2.88 bits per heavy atom. The van der Waals surface area contributed by atoms with E-state index in [1.807, 2.05) is 37.4 Å². The molecule has 1 heterocycles. The maximum atomic E-state index is 9.03. The van der Waals surface area contributed by atoms with Crippen LogP contribution in [0.4, 0.5) is 0 Å². The zero-order valence-electron chi connectivity index (χ0n) is 9.27. The number of nitriles is 1. The number of benzene rings is 1. The van der Waals surface area contributed by atoms with Crippen molar-refractivity contribution in [3.8, 4) is 6.07 Å². The van der Waals surface area contributed by atoms with Crippen molar-refractivity contribution >= 4 is 10.9 Å². The van der Waals surface area contributed by atoms with Crippen molar-refractivity contribution in [2.24, 2.45) is 11.7 Å². The third-order valence-electron chi connectivity index (χ3n) is 3.02. The summed E-state index contributed by atoms with van der Waals surface area (Å²) < 4.78 is 0. The van der Waals surface area contributed by atoms with Crippen molar-refractivity contribution in [2.75, 3.05) is 0 Å². The smallest absolute Gasteiger partial charge is 0.0675 e. The number of nitrogens with two attached hydrogens (primary N) is 1. The van der Waals surface area contributed by atoms with Crippen LogP contribution in [-0.4, -0.2) is 4.98 Å². The van der Waals surface area contributed by atoms with Gasteiger partial charge in [-0.3, -0.25) is 0 Å². The van der Waals surface area contributed by atoms with Crippen molar-refractivity contribution in [1.29, 1.82) is 5.26 Å². The molecule has 0 amide bonds. The van der Waals surface area contributed by atoms with Crippen LogP contribution in [-0.2, 0) is 0 Å². The fourth-order valence-corrected chi connectivity index (χ4v) is 2.01. The van der Waals surface area contributed by atoms with E-state index in [1.165, 1.54) is 0 Å². The van der Waals surface area contributed by atoms with E-state index in [9.17, 15) is 0 Å². The maximum absolute atomic E-state index is 9.03. The molecule has 2 aromatic rings. The Kier molecular flexibility index (Phi) is 2.93. The SMILES string of the molecule is CCC(C#N)C(N)c1c[nH]c2ccccc12. The van der Waals surface area contributed by atoms with Crippen molar-refractivity contribution in [2.45, 2.75) is 19.4 Å². The van der Waals surface area contributed by atoms with E-state index in [1.54, 1.807) is 0 Å². The normalized spacial score (nSPS) is 14.6. The molecule has 1 aromatic heterocycles. The van der Waals surface area contributed by atoms with Gasteiger partial charge in [0.1, 0.15) is 0 Å². The van der Waals surface area contributed by atoms with Crippen LogP contribution in [0.15, 0.2) is 30.5 Å². The molecule has 2 rings (SSSR count). The van der Waals surface area contributed by atoms with E-state index in [0.29, 0.717) is 0 Å². The Labute approximate surface area is 94.9 Å². The van der Waals surface area contributed by atoms with Crippen LogP contribution in [0, 0.1) is 17.2 Å². The predicted octanol–water partition coefficient (Wildman–Crippen LogP) is 2.72. The number of rotatable bonds is 3. The van der Waals surface area contributed by atoms with Gasteiger partial charge in [0.25, 0.3) is 0 Å². The van der Waals surface area contributed by atoms with E-state index in [0.717, 1.165) is 22.9 Å². The Bertz CT molecular complexity index is 521. The number of fused-ring (bicyclic) bond motifs is 1. The molecule has 0 fully saturated rings. The average molecular weight is 213 g/mol. The number of nitrogens with zero attached hydrogens (tertiary/aromatic N) is 1. The molecule has 0 saturated carbocycles. The molecule has 0 bridgehead atoms. The number of aromatic amines is 1. The number of para-hydroxylation sites is 1. The lowest BCUT2D eigenvalue weighted by molar-refractivity contribution is 0.520. The van der Waals surface area contributed by atoms with Gasteiger partial charge in [-0.05, 0) is 18.1 Å². The highest BCUT2D eigenvalue weighted by atomic mass is 14.7. The molecule has 0 aliphatic heterocycles. The third-order valence-corrected chi connectivity index (χ3v) is 3.02. The van der Waals surface area contributed by atoms with Crippen molar-refractivity contribution in [1.82, 2.24) is 4.98 Å². The first kappa shape index (κ1) is 10.7. The van der Waals surface area contributed by atoms with Crippen LogP contribution in [0.2, 0.25) is 0 Å². The monoisotopic (exact) mass is 213 g/mol. The molecule has 82 valence electrons. The fourth-order valence-electron chi connectivity index (χ4n) is 2.01. The molecule has 0 aliphatic carbocycles. The summed E-state index contributed by atoms with van der Waals surface area (Å²) in [7, 11) is 0. The third kappa shape index (κ3) is 1.68. The van der Waals surface area contributed by atoms with Gasteiger partial charge in [0, 0.05) is 23.1 Å². The summed E-state index contributed by atoms with van der Waals surface area (Å²) in [6, 6.07) is 10.1. The van der Waals surface area contributed by atoms with Gasteiger partial charge in [0.05, 0.1) is 12.0 Å². The van der Waals surface area contributed by atoms with E-state index >= 15 is 0 Å². The number of H-pyrrole nitrogens is 1. The molecule has 0 saturated heterocycles. The number of aromatic nitrogens is 1. The van der Waals surface area contributed by atoms with Gasteiger partial charge in [-0.2, -0.15) is 5.26 Å². The highest BCUT2D eigenvalue weighted by Gasteiger charge is 2.19. The Hall–Kier alpha value is -1.79.